The number of hydrogen-bond donors (Lipinski definition) is 0. The first-order valence-electron chi connectivity index (χ1n) is 11.6. The molecule has 0 saturated heterocycles. The van der Waals surface area contributed by atoms with Crippen molar-refractivity contribution in [2.75, 3.05) is 0 Å². The molecule has 0 saturated carbocycles. The third-order valence-corrected chi connectivity index (χ3v) is 7.62. The molecule has 0 heterocycles. The fourth-order valence-corrected chi connectivity index (χ4v) is 6.23. The highest BCUT2D eigenvalue weighted by Crippen LogP contribution is 2.58. The lowest BCUT2D eigenvalue weighted by Gasteiger charge is -2.35. The maximum absolute atomic E-state index is 6.68. The fourth-order valence-electron chi connectivity index (χ4n) is 6.06. The van der Waals surface area contributed by atoms with Crippen LogP contribution in [0.1, 0.15) is 22.3 Å². The summed E-state index contributed by atoms with van der Waals surface area (Å²) < 4.78 is 0. The molecule has 1 aliphatic rings. The number of fused-ring (bicyclic) bond motifs is 6. The van der Waals surface area contributed by atoms with E-state index in [1.54, 1.807) is 0 Å². The molecule has 1 heteroatoms. The monoisotopic (exact) mass is 452 g/mol. The molecule has 0 aliphatic heterocycles. The Balaban J connectivity index is 1.76. The van der Waals surface area contributed by atoms with Crippen LogP contribution in [-0.2, 0) is 5.41 Å². The van der Waals surface area contributed by atoms with Gasteiger partial charge >= 0.3 is 0 Å². The first-order valence-corrected chi connectivity index (χ1v) is 12.0. The summed E-state index contributed by atoms with van der Waals surface area (Å²) in [7, 11) is 0. The van der Waals surface area contributed by atoms with Crippen molar-refractivity contribution in [1.29, 1.82) is 0 Å². The maximum Gasteiger partial charge on any atom is 0.0720 e. The summed E-state index contributed by atoms with van der Waals surface area (Å²) in [6.45, 7) is 0. The van der Waals surface area contributed by atoms with Gasteiger partial charge in [-0.1, -0.05) is 121 Å². The molecule has 1 aliphatic carbocycles. The van der Waals surface area contributed by atoms with E-state index in [4.69, 9.17) is 11.6 Å². The van der Waals surface area contributed by atoms with Gasteiger partial charge in [0, 0.05) is 5.02 Å². The molecule has 0 radical (unpaired) electrons. The second-order valence-corrected chi connectivity index (χ2v) is 9.48. The third kappa shape index (κ3) is 2.55. The van der Waals surface area contributed by atoms with Crippen LogP contribution in [0, 0.1) is 0 Å². The van der Waals surface area contributed by atoms with Crippen molar-refractivity contribution in [3.05, 3.63) is 155 Å². The summed E-state index contributed by atoms with van der Waals surface area (Å²) in [5.74, 6) is 0. The summed E-state index contributed by atoms with van der Waals surface area (Å²) in [5.41, 5.74) is 7.15. The van der Waals surface area contributed by atoms with Crippen molar-refractivity contribution >= 4 is 33.1 Å². The molecular formula is C33H21Cl. The lowest BCUT2D eigenvalue weighted by molar-refractivity contribution is 0.777. The second kappa shape index (κ2) is 7.32. The molecule has 0 nitrogen and oxygen atoms in total. The molecule has 0 fully saturated rings. The zero-order chi connectivity index (χ0) is 22.7. The Morgan fingerprint density at radius 2 is 1.09 bits per heavy atom. The summed E-state index contributed by atoms with van der Waals surface area (Å²) in [6.07, 6.45) is 0. The van der Waals surface area contributed by atoms with Crippen molar-refractivity contribution in [1.82, 2.24) is 0 Å². The zero-order valence-electron chi connectivity index (χ0n) is 18.5. The van der Waals surface area contributed by atoms with Crippen LogP contribution in [0.2, 0.25) is 5.02 Å². The highest BCUT2D eigenvalue weighted by Gasteiger charge is 2.47. The van der Waals surface area contributed by atoms with E-state index in [9.17, 15) is 0 Å². The SMILES string of the molecule is Clc1ccc2c(c1)C(c1ccccc1)(c1cc3ccccc3c3ccccc13)c1ccccc1-2. The summed E-state index contributed by atoms with van der Waals surface area (Å²) in [6, 6.07) is 46.0. The molecule has 160 valence electrons. The van der Waals surface area contributed by atoms with Crippen molar-refractivity contribution < 1.29 is 0 Å². The van der Waals surface area contributed by atoms with Crippen LogP contribution in [0.25, 0.3) is 32.7 Å². The summed E-state index contributed by atoms with van der Waals surface area (Å²) >= 11 is 6.68. The van der Waals surface area contributed by atoms with E-state index in [0.717, 1.165) is 5.02 Å². The van der Waals surface area contributed by atoms with E-state index in [1.807, 2.05) is 6.07 Å². The van der Waals surface area contributed by atoms with Gasteiger partial charge in [-0.25, -0.2) is 0 Å². The average molecular weight is 453 g/mol. The van der Waals surface area contributed by atoms with E-state index in [2.05, 4.69) is 121 Å². The van der Waals surface area contributed by atoms with Crippen molar-refractivity contribution in [2.45, 2.75) is 5.41 Å². The smallest absolute Gasteiger partial charge is 0.0720 e. The highest BCUT2D eigenvalue weighted by atomic mass is 35.5. The minimum Gasteiger partial charge on any atom is -0.0843 e. The number of benzene rings is 6. The Kier molecular flexibility index (Phi) is 4.21. The Morgan fingerprint density at radius 3 is 1.94 bits per heavy atom. The lowest BCUT2D eigenvalue weighted by Crippen LogP contribution is -2.29. The Bertz CT molecular complexity index is 1710. The first-order chi connectivity index (χ1) is 16.8. The van der Waals surface area contributed by atoms with Crippen LogP contribution in [0.15, 0.2) is 127 Å². The molecule has 6 aromatic rings. The van der Waals surface area contributed by atoms with Crippen LogP contribution in [0.5, 0.6) is 0 Å². The number of rotatable bonds is 2. The molecule has 0 aromatic heterocycles. The van der Waals surface area contributed by atoms with E-state index in [0.29, 0.717) is 0 Å². The molecule has 6 aromatic carbocycles. The van der Waals surface area contributed by atoms with Crippen LogP contribution in [0.4, 0.5) is 0 Å². The minimum absolute atomic E-state index is 0.471. The Hall–Kier alpha value is -3.87. The standard InChI is InChI=1S/C33H21Cl/c34-24-18-19-29-28-16-8-9-17-30(28)33(32(29)21-24,23-11-2-1-3-12-23)31-20-22-10-4-5-13-25(22)26-14-6-7-15-27(26)31/h1-21H. The first kappa shape index (κ1) is 19.6. The van der Waals surface area contributed by atoms with Gasteiger partial charge in [0.25, 0.3) is 0 Å². The van der Waals surface area contributed by atoms with Gasteiger partial charge in [-0.05, 0) is 73.1 Å². The van der Waals surface area contributed by atoms with Crippen LogP contribution >= 0.6 is 11.6 Å². The van der Waals surface area contributed by atoms with Crippen LogP contribution < -0.4 is 0 Å². The molecule has 0 spiro atoms. The maximum atomic E-state index is 6.68. The normalized spacial score (nSPS) is 16.5. The minimum atomic E-state index is -0.471. The van der Waals surface area contributed by atoms with Gasteiger partial charge in [-0.2, -0.15) is 0 Å². The Labute approximate surface area is 204 Å². The van der Waals surface area contributed by atoms with E-state index < -0.39 is 5.41 Å². The number of halogens is 1. The second-order valence-electron chi connectivity index (χ2n) is 9.04. The molecule has 0 N–H and O–H groups in total. The quantitative estimate of drug-likeness (QED) is 0.229. The van der Waals surface area contributed by atoms with Crippen LogP contribution in [0.3, 0.4) is 0 Å². The van der Waals surface area contributed by atoms with Gasteiger partial charge in [0.05, 0.1) is 5.41 Å². The predicted molar refractivity (Wildman–Crippen MR) is 144 cm³/mol. The topological polar surface area (TPSA) is 0 Å². The van der Waals surface area contributed by atoms with Gasteiger partial charge < -0.3 is 0 Å². The molecule has 0 amide bonds. The van der Waals surface area contributed by atoms with Crippen molar-refractivity contribution in [2.24, 2.45) is 0 Å². The van der Waals surface area contributed by atoms with Gasteiger partial charge in [0.15, 0.2) is 0 Å². The van der Waals surface area contributed by atoms with E-state index in [-0.39, 0.29) is 0 Å². The van der Waals surface area contributed by atoms with E-state index >= 15 is 0 Å². The van der Waals surface area contributed by atoms with Gasteiger partial charge in [0.2, 0.25) is 0 Å². The Morgan fingerprint density at radius 1 is 0.441 bits per heavy atom. The van der Waals surface area contributed by atoms with Crippen molar-refractivity contribution in [3.8, 4) is 11.1 Å². The van der Waals surface area contributed by atoms with Gasteiger partial charge in [-0.3, -0.25) is 0 Å². The fraction of sp³-hybridized carbons (Fsp3) is 0.0303. The van der Waals surface area contributed by atoms with Crippen molar-refractivity contribution in [3.63, 3.8) is 0 Å². The number of hydrogen-bond acceptors (Lipinski definition) is 0. The van der Waals surface area contributed by atoms with Gasteiger partial charge in [-0.15, -0.1) is 0 Å². The highest BCUT2D eigenvalue weighted by molar-refractivity contribution is 6.30. The van der Waals surface area contributed by atoms with E-state index in [1.165, 1.54) is 54.9 Å². The molecular weight excluding hydrogens is 432 g/mol. The molecule has 0 bridgehead atoms. The summed E-state index contributed by atoms with van der Waals surface area (Å²) in [5, 5.41) is 5.84. The molecule has 1 unspecified atom stereocenters. The predicted octanol–water partition coefficient (Wildman–Crippen LogP) is 9.01. The van der Waals surface area contributed by atoms with Gasteiger partial charge in [0.1, 0.15) is 0 Å². The summed E-state index contributed by atoms with van der Waals surface area (Å²) in [4.78, 5) is 0. The molecule has 34 heavy (non-hydrogen) atoms. The molecule has 7 rings (SSSR count). The third-order valence-electron chi connectivity index (χ3n) is 7.39. The largest absolute Gasteiger partial charge is 0.0843 e. The zero-order valence-corrected chi connectivity index (χ0v) is 19.3. The van der Waals surface area contributed by atoms with Crippen LogP contribution in [-0.4, -0.2) is 0 Å². The lowest BCUT2D eigenvalue weighted by atomic mass is 9.66. The average Bonchev–Trinajstić information content (AvgIpc) is 3.19. The molecule has 1 atom stereocenters.